The van der Waals surface area contributed by atoms with Gasteiger partial charge in [0.1, 0.15) is 0 Å². The lowest BCUT2D eigenvalue weighted by Gasteiger charge is -2.32. The molecule has 1 unspecified atom stereocenters. The summed E-state index contributed by atoms with van der Waals surface area (Å²) in [5, 5.41) is 3.52. The molecule has 0 saturated heterocycles. The molecule has 0 radical (unpaired) electrons. The Morgan fingerprint density at radius 1 is 1.45 bits per heavy atom. The number of rotatable bonds is 2. The van der Waals surface area contributed by atoms with Crippen LogP contribution in [0.3, 0.4) is 0 Å². The third-order valence-electron chi connectivity index (χ3n) is 2.51. The topological polar surface area (TPSA) is 12.0 Å². The first kappa shape index (κ1) is 8.63. The van der Waals surface area contributed by atoms with E-state index >= 15 is 0 Å². The lowest BCUT2D eigenvalue weighted by atomic mass is 9.87. The lowest BCUT2D eigenvalue weighted by molar-refractivity contribution is 0.298. The van der Waals surface area contributed by atoms with Crippen molar-refractivity contribution >= 4 is 0 Å². The highest BCUT2D eigenvalue weighted by Gasteiger charge is 2.21. The van der Waals surface area contributed by atoms with Crippen molar-refractivity contribution in [3.05, 3.63) is 11.8 Å². The second kappa shape index (κ2) is 2.88. The summed E-state index contributed by atoms with van der Waals surface area (Å²) in [4.78, 5) is 0. The first-order valence-electron chi connectivity index (χ1n) is 4.46. The molecule has 0 aromatic rings. The van der Waals surface area contributed by atoms with E-state index in [9.17, 15) is 0 Å². The molecule has 0 aromatic carbocycles. The van der Waals surface area contributed by atoms with E-state index in [0.29, 0.717) is 11.5 Å². The molecule has 0 spiro atoms. The number of hydrogen-bond acceptors (Lipinski definition) is 1. The highest BCUT2D eigenvalue weighted by molar-refractivity contribution is 5.11. The van der Waals surface area contributed by atoms with Crippen LogP contribution in [0.5, 0.6) is 0 Å². The third kappa shape index (κ3) is 2.25. The standard InChI is InChI=1S/C10H19N/c1-8(10(2,3)4)11-9-6-5-7-9/h6,8,11H,5,7H2,1-4H3. The predicted octanol–water partition coefficient (Wildman–Crippen LogP) is 2.69. The van der Waals surface area contributed by atoms with Crippen molar-refractivity contribution in [3.63, 3.8) is 0 Å². The lowest BCUT2D eigenvalue weighted by Crippen LogP contribution is -2.38. The normalized spacial score (nSPS) is 20.2. The molecule has 0 heterocycles. The minimum atomic E-state index is 0.371. The van der Waals surface area contributed by atoms with Gasteiger partial charge in [-0.3, -0.25) is 0 Å². The van der Waals surface area contributed by atoms with E-state index in [4.69, 9.17) is 0 Å². The second-order valence-electron chi connectivity index (χ2n) is 4.50. The smallest absolute Gasteiger partial charge is 0.0278 e. The fourth-order valence-corrected chi connectivity index (χ4v) is 0.914. The van der Waals surface area contributed by atoms with Gasteiger partial charge < -0.3 is 5.32 Å². The maximum atomic E-state index is 3.52. The highest BCUT2D eigenvalue weighted by atomic mass is 14.9. The quantitative estimate of drug-likeness (QED) is 0.643. The summed E-state index contributed by atoms with van der Waals surface area (Å²) in [5.74, 6) is 0. The molecule has 1 N–H and O–H groups in total. The Labute approximate surface area is 69.9 Å². The molecule has 11 heavy (non-hydrogen) atoms. The molecule has 0 aliphatic heterocycles. The average molecular weight is 153 g/mol. The Kier molecular flexibility index (Phi) is 2.26. The van der Waals surface area contributed by atoms with Gasteiger partial charge in [-0.05, 0) is 25.2 Å². The van der Waals surface area contributed by atoms with Crippen molar-refractivity contribution in [2.24, 2.45) is 5.41 Å². The van der Waals surface area contributed by atoms with Gasteiger partial charge in [-0.25, -0.2) is 0 Å². The maximum absolute atomic E-state index is 3.52. The third-order valence-corrected chi connectivity index (χ3v) is 2.51. The Bertz CT molecular complexity index is 162. The van der Waals surface area contributed by atoms with E-state index in [1.165, 1.54) is 18.5 Å². The summed E-state index contributed by atoms with van der Waals surface area (Å²) in [6.07, 6.45) is 4.79. The monoisotopic (exact) mass is 153 g/mol. The van der Waals surface area contributed by atoms with Crippen molar-refractivity contribution in [2.75, 3.05) is 0 Å². The first-order chi connectivity index (χ1) is 5.00. The van der Waals surface area contributed by atoms with Gasteiger partial charge in [0.05, 0.1) is 0 Å². The Hall–Kier alpha value is -0.460. The van der Waals surface area contributed by atoms with Crippen LogP contribution in [0, 0.1) is 5.41 Å². The zero-order valence-electron chi connectivity index (χ0n) is 8.07. The van der Waals surface area contributed by atoms with E-state index < -0.39 is 0 Å². The van der Waals surface area contributed by atoms with Crippen molar-refractivity contribution in [3.8, 4) is 0 Å². The van der Waals surface area contributed by atoms with E-state index in [-0.39, 0.29) is 0 Å². The first-order valence-corrected chi connectivity index (χ1v) is 4.46. The van der Waals surface area contributed by atoms with E-state index in [2.05, 4.69) is 39.1 Å². The molecule has 1 heteroatoms. The molecule has 0 saturated carbocycles. The minimum absolute atomic E-state index is 0.371. The number of allylic oxidation sites excluding steroid dienone is 2. The molecule has 0 aromatic heterocycles. The van der Waals surface area contributed by atoms with Crippen molar-refractivity contribution in [1.29, 1.82) is 0 Å². The van der Waals surface area contributed by atoms with Crippen LogP contribution in [0.1, 0.15) is 40.5 Å². The van der Waals surface area contributed by atoms with Crippen molar-refractivity contribution in [2.45, 2.75) is 46.6 Å². The summed E-state index contributed by atoms with van der Waals surface area (Å²) in [6.45, 7) is 9.05. The van der Waals surface area contributed by atoms with Gasteiger partial charge in [-0.2, -0.15) is 0 Å². The van der Waals surface area contributed by atoms with Crippen LogP contribution >= 0.6 is 0 Å². The molecule has 64 valence electrons. The molecule has 0 amide bonds. The molecule has 1 atom stereocenters. The maximum Gasteiger partial charge on any atom is 0.0278 e. The molecule has 1 aliphatic rings. The molecular formula is C10H19N. The second-order valence-corrected chi connectivity index (χ2v) is 4.50. The van der Waals surface area contributed by atoms with Gasteiger partial charge in [0.15, 0.2) is 0 Å². The van der Waals surface area contributed by atoms with Crippen molar-refractivity contribution < 1.29 is 0 Å². The SMILES string of the molecule is CC(NC1=CCC1)C(C)(C)C. The minimum Gasteiger partial charge on any atom is -0.386 e. The van der Waals surface area contributed by atoms with Gasteiger partial charge in [-0.15, -0.1) is 0 Å². The van der Waals surface area contributed by atoms with Crippen LogP contribution in [-0.2, 0) is 0 Å². The van der Waals surface area contributed by atoms with E-state index in [1.807, 2.05) is 0 Å². The summed E-state index contributed by atoms with van der Waals surface area (Å²) in [6, 6.07) is 0.578. The molecule has 0 bridgehead atoms. The molecule has 0 fully saturated rings. The molecular weight excluding hydrogens is 134 g/mol. The summed E-state index contributed by atoms with van der Waals surface area (Å²) >= 11 is 0. The van der Waals surface area contributed by atoms with Gasteiger partial charge in [0.2, 0.25) is 0 Å². The summed E-state index contributed by atoms with van der Waals surface area (Å²) in [5.41, 5.74) is 1.81. The average Bonchev–Trinajstić information content (AvgIpc) is 1.75. The Balaban J connectivity index is 2.36. The van der Waals surface area contributed by atoms with Crippen LogP contribution < -0.4 is 5.32 Å². The predicted molar refractivity (Wildman–Crippen MR) is 49.4 cm³/mol. The van der Waals surface area contributed by atoms with Crippen LogP contribution in [0.25, 0.3) is 0 Å². The summed E-state index contributed by atoms with van der Waals surface area (Å²) < 4.78 is 0. The van der Waals surface area contributed by atoms with Crippen LogP contribution in [0.4, 0.5) is 0 Å². The molecule has 1 nitrogen and oxygen atoms in total. The van der Waals surface area contributed by atoms with Gasteiger partial charge in [0, 0.05) is 11.7 Å². The number of hydrogen-bond donors (Lipinski definition) is 1. The molecule has 1 rings (SSSR count). The van der Waals surface area contributed by atoms with E-state index in [0.717, 1.165) is 0 Å². The summed E-state index contributed by atoms with van der Waals surface area (Å²) in [7, 11) is 0. The van der Waals surface area contributed by atoms with Crippen LogP contribution in [-0.4, -0.2) is 6.04 Å². The Morgan fingerprint density at radius 2 is 2.00 bits per heavy atom. The fraction of sp³-hybridized carbons (Fsp3) is 0.800. The largest absolute Gasteiger partial charge is 0.386 e. The van der Waals surface area contributed by atoms with Gasteiger partial charge >= 0.3 is 0 Å². The molecule has 1 aliphatic carbocycles. The van der Waals surface area contributed by atoms with Gasteiger partial charge in [0.25, 0.3) is 0 Å². The zero-order valence-corrected chi connectivity index (χ0v) is 8.07. The Morgan fingerprint density at radius 3 is 2.27 bits per heavy atom. The van der Waals surface area contributed by atoms with Gasteiger partial charge in [-0.1, -0.05) is 26.8 Å². The highest BCUT2D eigenvalue weighted by Crippen LogP contribution is 2.23. The fourth-order valence-electron chi connectivity index (χ4n) is 0.914. The van der Waals surface area contributed by atoms with E-state index in [1.54, 1.807) is 0 Å². The zero-order chi connectivity index (χ0) is 8.48. The van der Waals surface area contributed by atoms with Crippen LogP contribution in [0.15, 0.2) is 11.8 Å². The van der Waals surface area contributed by atoms with Crippen LogP contribution in [0.2, 0.25) is 0 Å². The number of nitrogens with one attached hydrogen (secondary N) is 1. The van der Waals surface area contributed by atoms with Crippen molar-refractivity contribution in [1.82, 2.24) is 5.32 Å².